The van der Waals surface area contributed by atoms with Gasteiger partial charge in [0.15, 0.2) is 4.90 Å². The Kier molecular flexibility index (Phi) is 5.45. The van der Waals surface area contributed by atoms with Crippen LogP contribution in [-0.2, 0) is 10.0 Å². The predicted molar refractivity (Wildman–Crippen MR) is 104 cm³/mol. The normalized spacial score (nSPS) is 10.9. The van der Waals surface area contributed by atoms with E-state index in [1.54, 1.807) is 6.07 Å². The van der Waals surface area contributed by atoms with Crippen LogP contribution in [0.3, 0.4) is 0 Å². The summed E-state index contributed by atoms with van der Waals surface area (Å²) in [4.78, 5) is 38.0. The Morgan fingerprint density at radius 2 is 1.69 bits per heavy atom. The molecule has 2 amide bonds. The zero-order valence-corrected chi connectivity index (χ0v) is 15.3. The highest BCUT2D eigenvalue weighted by atomic mass is 32.2. The molecule has 3 rings (SSSR count). The van der Waals surface area contributed by atoms with Crippen molar-refractivity contribution >= 4 is 33.1 Å². The second-order valence-corrected chi connectivity index (χ2v) is 7.33. The van der Waals surface area contributed by atoms with E-state index in [9.17, 15) is 27.2 Å². The van der Waals surface area contributed by atoms with E-state index >= 15 is 0 Å². The maximum absolute atomic E-state index is 13.6. The predicted octanol–water partition coefficient (Wildman–Crippen LogP) is 1.65. The van der Waals surface area contributed by atoms with Gasteiger partial charge in [-0.15, -0.1) is 0 Å². The van der Waals surface area contributed by atoms with E-state index < -0.39 is 38.0 Å². The van der Waals surface area contributed by atoms with Gasteiger partial charge in [0, 0.05) is 11.9 Å². The van der Waals surface area contributed by atoms with Crippen molar-refractivity contribution in [1.82, 2.24) is 9.97 Å². The van der Waals surface area contributed by atoms with Crippen LogP contribution in [-0.4, -0.2) is 24.4 Å². The van der Waals surface area contributed by atoms with Crippen LogP contribution in [0.25, 0.3) is 0 Å². The van der Waals surface area contributed by atoms with E-state index in [1.165, 1.54) is 42.5 Å². The smallest absolute Gasteiger partial charge is 0.313 e. The zero-order chi connectivity index (χ0) is 21.0. The third-order valence-corrected chi connectivity index (χ3v) is 4.96. The standard InChI is InChI=1S/C17H14FN5O5S/c18-12-6-1-2-7-13(12)21-17(26)20-10-4-3-5-11(8-10)23-29(27,28)14-9-19-16(25)22-15(14)24/h1-9,23H,(H2,20,21,26)(H2,19,22,24,25). The molecule has 3 aromatic rings. The number of halogens is 1. The molecule has 0 fully saturated rings. The number of benzene rings is 2. The highest BCUT2D eigenvalue weighted by Gasteiger charge is 2.19. The molecule has 0 unspecified atom stereocenters. The Balaban J connectivity index is 1.75. The maximum atomic E-state index is 13.6. The molecule has 0 aliphatic rings. The molecule has 29 heavy (non-hydrogen) atoms. The van der Waals surface area contributed by atoms with Gasteiger partial charge in [0.2, 0.25) is 0 Å². The van der Waals surface area contributed by atoms with E-state index in [0.717, 1.165) is 6.20 Å². The van der Waals surface area contributed by atoms with Crippen molar-refractivity contribution in [3.63, 3.8) is 0 Å². The summed E-state index contributed by atoms with van der Waals surface area (Å²) in [6.45, 7) is 0. The van der Waals surface area contributed by atoms with Crippen LogP contribution in [0.15, 0.2) is 69.2 Å². The van der Waals surface area contributed by atoms with Crippen molar-refractivity contribution in [2.75, 3.05) is 15.4 Å². The van der Waals surface area contributed by atoms with Crippen molar-refractivity contribution in [3.05, 3.63) is 81.4 Å². The summed E-state index contributed by atoms with van der Waals surface area (Å²) >= 11 is 0. The summed E-state index contributed by atoms with van der Waals surface area (Å²) < 4.78 is 40.5. The lowest BCUT2D eigenvalue weighted by Crippen LogP contribution is -2.29. The molecule has 0 atom stereocenters. The fraction of sp³-hybridized carbons (Fsp3) is 0. The van der Waals surface area contributed by atoms with Gasteiger partial charge in [-0.3, -0.25) is 14.5 Å². The van der Waals surface area contributed by atoms with Crippen LogP contribution in [0.1, 0.15) is 0 Å². The van der Waals surface area contributed by atoms with Crippen LogP contribution in [0, 0.1) is 5.82 Å². The molecule has 0 saturated carbocycles. The lowest BCUT2D eigenvalue weighted by atomic mass is 10.3. The number of aromatic amines is 2. The Labute approximate surface area is 162 Å². The Bertz CT molecular complexity index is 1290. The number of anilines is 3. The van der Waals surface area contributed by atoms with Gasteiger partial charge in [-0.05, 0) is 30.3 Å². The minimum Gasteiger partial charge on any atom is -0.313 e. The Morgan fingerprint density at radius 1 is 0.966 bits per heavy atom. The molecular formula is C17H14FN5O5S. The highest BCUT2D eigenvalue weighted by Crippen LogP contribution is 2.19. The quantitative estimate of drug-likeness (QED) is 0.426. The fourth-order valence-electron chi connectivity index (χ4n) is 2.31. The van der Waals surface area contributed by atoms with Crippen LogP contribution >= 0.6 is 0 Å². The topological polar surface area (TPSA) is 153 Å². The van der Waals surface area contributed by atoms with Gasteiger partial charge in [-0.2, -0.15) is 0 Å². The molecule has 10 nitrogen and oxygen atoms in total. The third kappa shape index (κ3) is 4.87. The van der Waals surface area contributed by atoms with Gasteiger partial charge >= 0.3 is 11.7 Å². The van der Waals surface area contributed by atoms with Crippen LogP contribution in [0.4, 0.5) is 26.2 Å². The molecule has 2 aromatic carbocycles. The largest absolute Gasteiger partial charge is 0.325 e. The van der Waals surface area contributed by atoms with Crippen molar-refractivity contribution < 1.29 is 17.6 Å². The molecule has 0 aliphatic carbocycles. The molecule has 0 radical (unpaired) electrons. The van der Waals surface area contributed by atoms with Crippen molar-refractivity contribution in [1.29, 1.82) is 0 Å². The van der Waals surface area contributed by atoms with Gasteiger partial charge in [-0.25, -0.2) is 22.4 Å². The summed E-state index contributed by atoms with van der Waals surface area (Å²) in [6.07, 6.45) is 0.771. The number of urea groups is 1. The minimum atomic E-state index is -4.30. The first kappa shape index (κ1) is 19.8. The Morgan fingerprint density at radius 3 is 2.41 bits per heavy atom. The number of hydrogen-bond acceptors (Lipinski definition) is 5. The van der Waals surface area contributed by atoms with Gasteiger partial charge in [-0.1, -0.05) is 18.2 Å². The summed E-state index contributed by atoms with van der Waals surface area (Å²) in [5.41, 5.74) is -1.71. The second kappa shape index (κ2) is 7.98. The summed E-state index contributed by atoms with van der Waals surface area (Å²) in [7, 11) is -4.30. The van der Waals surface area contributed by atoms with Gasteiger partial charge in [0.05, 0.1) is 11.4 Å². The zero-order valence-electron chi connectivity index (χ0n) is 14.5. The second-order valence-electron chi connectivity index (χ2n) is 5.68. The van der Waals surface area contributed by atoms with Crippen LogP contribution in [0.5, 0.6) is 0 Å². The number of aromatic nitrogens is 2. The van der Waals surface area contributed by atoms with Crippen LogP contribution in [0.2, 0.25) is 0 Å². The SMILES string of the molecule is O=C(Nc1cccc(NS(=O)(=O)c2c[nH]c(=O)[nH]c2=O)c1)Nc1ccccc1F. The molecular weight excluding hydrogens is 405 g/mol. The average Bonchev–Trinajstić information content (AvgIpc) is 2.63. The van der Waals surface area contributed by atoms with Crippen LogP contribution < -0.4 is 26.6 Å². The highest BCUT2D eigenvalue weighted by molar-refractivity contribution is 7.92. The maximum Gasteiger partial charge on any atom is 0.325 e. The molecule has 0 aliphatic heterocycles. The van der Waals surface area contributed by atoms with Crippen molar-refractivity contribution in [2.45, 2.75) is 4.90 Å². The summed E-state index contributed by atoms with van der Waals surface area (Å²) in [5, 5.41) is 4.76. The van der Waals surface area contributed by atoms with E-state index in [0.29, 0.717) is 0 Å². The van der Waals surface area contributed by atoms with Gasteiger partial charge in [0.1, 0.15) is 5.82 Å². The molecule has 5 N–H and O–H groups in total. The van der Waals surface area contributed by atoms with Gasteiger partial charge < -0.3 is 15.6 Å². The number of carbonyl (C=O) groups excluding carboxylic acids is 1. The lowest BCUT2D eigenvalue weighted by Gasteiger charge is -2.11. The number of H-pyrrole nitrogens is 2. The van der Waals surface area contributed by atoms with E-state index in [4.69, 9.17) is 0 Å². The molecule has 0 bridgehead atoms. The number of sulfonamides is 1. The first-order valence-electron chi connectivity index (χ1n) is 8.02. The first-order chi connectivity index (χ1) is 13.7. The molecule has 12 heteroatoms. The number of rotatable bonds is 5. The van der Waals surface area contributed by atoms with Gasteiger partial charge in [0.25, 0.3) is 15.6 Å². The summed E-state index contributed by atoms with van der Waals surface area (Å²) in [6, 6.07) is 10.4. The fourth-order valence-corrected chi connectivity index (χ4v) is 3.37. The summed E-state index contributed by atoms with van der Waals surface area (Å²) in [5.74, 6) is -0.615. The van der Waals surface area contributed by atoms with E-state index in [-0.39, 0.29) is 17.1 Å². The average molecular weight is 419 g/mol. The molecule has 0 saturated heterocycles. The third-order valence-electron chi connectivity index (χ3n) is 3.57. The lowest BCUT2D eigenvalue weighted by molar-refractivity contribution is 0.262. The number of nitrogens with one attached hydrogen (secondary N) is 5. The number of hydrogen-bond donors (Lipinski definition) is 5. The minimum absolute atomic E-state index is 0.0286. The van der Waals surface area contributed by atoms with Crippen molar-refractivity contribution in [3.8, 4) is 0 Å². The Hall–Kier alpha value is -3.93. The van der Waals surface area contributed by atoms with E-state index in [1.807, 2.05) is 4.98 Å². The number of para-hydroxylation sites is 1. The molecule has 1 aromatic heterocycles. The van der Waals surface area contributed by atoms with Crippen molar-refractivity contribution in [2.24, 2.45) is 0 Å². The monoisotopic (exact) mass is 419 g/mol. The first-order valence-corrected chi connectivity index (χ1v) is 9.50. The molecule has 150 valence electrons. The number of amides is 2. The molecule has 0 spiro atoms. The van der Waals surface area contributed by atoms with E-state index in [2.05, 4.69) is 20.3 Å². The molecule has 1 heterocycles. The number of carbonyl (C=O) groups is 1.